The van der Waals surface area contributed by atoms with Crippen LogP contribution < -0.4 is 10.9 Å². The summed E-state index contributed by atoms with van der Waals surface area (Å²) in [5.41, 5.74) is 0.512. The molecule has 1 atom stereocenters. The van der Waals surface area contributed by atoms with Gasteiger partial charge in [-0.3, -0.25) is 14.2 Å². The lowest BCUT2D eigenvalue weighted by molar-refractivity contribution is 0.0935. The summed E-state index contributed by atoms with van der Waals surface area (Å²) < 4.78 is 1.55. The summed E-state index contributed by atoms with van der Waals surface area (Å²) in [6.45, 7) is 11.8. The van der Waals surface area contributed by atoms with Gasteiger partial charge in [0.2, 0.25) is 0 Å². The molecule has 0 spiro atoms. The molecule has 6 nitrogen and oxygen atoms in total. The van der Waals surface area contributed by atoms with Crippen molar-refractivity contribution in [2.24, 2.45) is 0 Å². The van der Waals surface area contributed by atoms with E-state index in [1.54, 1.807) is 16.8 Å². The van der Waals surface area contributed by atoms with Crippen molar-refractivity contribution in [2.75, 3.05) is 19.6 Å². The second-order valence-corrected chi connectivity index (χ2v) is 6.57. The van der Waals surface area contributed by atoms with E-state index in [4.69, 9.17) is 0 Å². The van der Waals surface area contributed by atoms with E-state index >= 15 is 0 Å². The molecule has 0 bridgehead atoms. The van der Waals surface area contributed by atoms with Crippen LogP contribution in [0.25, 0.3) is 11.0 Å². The van der Waals surface area contributed by atoms with Crippen molar-refractivity contribution in [3.8, 4) is 0 Å². The Morgan fingerprint density at radius 1 is 1.31 bits per heavy atom. The van der Waals surface area contributed by atoms with Gasteiger partial charge in [-0.05, 0) is 64.5 Å². The maximum atomic E-state index is 12.7. The Kier molecular flexibility index (Phi) is 7.33. The van der Waals surface area contributed by atoms with E-state index in [-0.39, 0.29) is 23.1 Å². The number of aryl methyl sites for hydroxylation is 1. The highest BCUT2D eigenvalue weighted by atomic mass is 16.2. The van der Waals surface area contributed by atoms with E-state index < -0.39 is 0 Å². The first-order valence-electron chi connectivity index (χ1n) is 9.53. The third-order valence-electron chi connectivity index (χ3n) is 4.79. The lowest BCUT2D eigenvalue weighted by atomic mass is 10.1. The topological polar surface area (TPSA) is 67.2 Å². The maximum absolute atomic E-state index is 12.7. The zero-order valence-corrected chi connectivity index (χ0v) is 16.3. The van der Waals surface area contributed by atoms with Crippen LogP contribution in [0.4, 0.5) is 0 Å². The van der Waals surface area contributed by atoms with Crippen molar-refractivity contribution in [1.29, 1.82) is 0 Å². The molecule has 2 rings (SSSR count). The van der Waals surface area contributed by atoms with Crippen molar-refractivity contribution in [1.82, 2.24) is 19.8 Å². The van der Waals surface area contributed by atoms with Crippen LogP contribution >= 0.6 is 0 Å². The average Bonchev–Trinajstić information content (AvgIpc) is 2.64. The number of fused-ring (bicyclic) bond motifs is 1. The number of hydrogen-bond donors (Lipinski definition) is 1. The van der Waals surface area contributed by atoms with Crippen molar-refractivity contribution >= 4 is 16.9 Å². The smallest absolute Gasteiger partial charge is 0.265 e. The van der Waals surface area contributed by atoms with Gasteiger partial charge in [-0.1, -0.05) is 13.8 Å². The molecule has 2 heterocycles. The molecule has 2 aromatic heterocycles. The number of carbonyl (C=O) groups excluding carboxylic acids is 1. The Morgan fingerprint density at radius 2 is 2.04 bits per heavy atom. The standard InChI is InChI=1S/C20H30N4O2/c1-5-23(6-2)13-9-10-15(4)22-19(25)17-14-16-11-8-12-21-18(16)24(7-3)20(17)26/h8,11-12,14-15H,5-7,9-10,13H2,1-4H3,(H,22,25)/t15-/m0/s1. The molecule has 142 valence electrons. The summed E-state index contributed by atoms with van der Waals surface area (Å²) in [7, 11) is 0. The quantitative estimate of drug-likeness (QED) is 0.748. The zero-order chi connectivity index (χ0) is 19.1. The second kappa shape index (κ2) is 9.48. The molecule has 2 aromatic rings. The fourth-order valence-corrected chi connectivity index (χ4v) is 3.20. The largest absolute Gasteiger partial charge is 0.349 e. The summed E-state index contributed by atoms with van der Waals surface area (Å²) in [4.78, 5) is 32.0. The third kappa shape index (κ3) is 4.69. The van der Waals surface area contributed by atoms with Crippen LogP contribution in [-0.4, -0.2) is 46.0 Å². The van der Waals surface area contributed by atoms with Gasteiger partial charge >= 0.3 is 0 Å². The van der Waals surface area contributed by atoms with Crippen molar-refractivity contribution in [2.45, 2.75) is 53.1 Å². The number of carbonyl (C=O) groups is 1. The SMILES string of the molecule is CCN(CC)CCC[C@H](C)NC(=O)c1cc2cccnc2n(CC)c1=O. The van der Waals surface area contributed by atoms with Gasteiger partial charge in [0.25, 0.3) is 11.5 Å². The number of pyridine rings is 2. The average molecular weight is 358 g/mol. The van der Waals surface area contributed by atoms with Gasteiger partial charge in [-0.25, -0.2) is 4.98 Å². The van der Waals surface area contributed by atoms with Crippen LogP contribution in [0, 0.1) is 0 Å². The van der Waals surface area contributed by atoms with Crippen molar-refractivity contribution in [3.05, 3.63) is 40.3 Å². The molecule has 26 heavy (non-hydrogen) atoms. The van der Waals surface area contributed by atoms with E-state index in [0.29, 0.717) is 12.2 Å². The number of amides is 1. The summed E-state index contributed by atoms with van der Waals surface area (Å²) in [6, 6.07) is 5.36. The normalized spacial score (nSPS) is 12.5. The molecule has 0 aliphatic heterocycles. The Hall–Kier alpha value is -2.21. The van der Waals surface area contributed by atoms with Gasteiger partial charge in [-0.2, -0.15) is 0 Å². The number of rotatable bonds is 9. The van der Waals surface area contributed by atoms with E-state index in [1.807, 2.05) is 26.0 Å². The van der Waals surface area contributed by atoms with Crippen LogP contribution in [-0.2, 0) is 6.54 Å². The minimum absolute atomic E-state index is 0.0251. The monoisotopic (exact) mass is 358 g/mol. The molecule has 1 amide bonds. The molecule has 0 saturated carbocycles. The molecule has 6 heteroatoms. The van der Waals surface area contributed by atoms with Gasteiger partial charge in [0.1, 0.15) is 11.2 Å². The maximum Gasteiger partial charge on any atom is 0.265 e. The third-order valence-corrected chi connectivity index (χ3v) is 4.79. The van der Waals surface area contributed by atoms with Crippen molar-refractivity contribution in [3.63, 3.8) is 0 Å². The van der Waals surface area contributed by atoms with E-state index in [1.165, 1.54) is 0 Å². The predicted octanol–water partition coefficient (Wildman–Crippen LogP) is 2.66. The first-order valence-corrected chi connectivity index (χ1v) is 9.53. The van der Waals surface area contributed by atoms with Gasteiger partial charge in [0.15, 0.2) is 0 Å². The first kappa shape index (κ1) is 20.1. The molecule has 0 aromatic carbocycles. The molecule has 0 aliphatic rings. The van der Waals surface area contributed by atoms with Crippen LogP contribution in [0.2, 0.25) is 0 Å². The van der Waals surface area contributed by atoms with Gasteiger partial charge < -0.3 is 10.2 Å². The molecule has 0 unspecified atom stereocenters. The Labute approximate surface area is 155 Å². The lowest BCUT2D eigenvalue weighted by Crippen LogP contribution is -2.38. The molecular weight excluding hydrogens is 328 g/mol. The Bertz CT molecular complexity index is 796. The summed E-state index contributed by atoms with van der Waals surface area (Å²) in [5.74, 6) is -0.307. The second-order valence-electron chi connectivity index (χ2n) is 6.57. The molecule has 0 radical (unpaired) electrons. The molecule has 0 fully saturated rings. The fraction of sp³-hybridized carbons (Fsp3) is 0.550. The van der Waals surface area contributed by atoms with Gasteiger partial charge in [0.05, 0.1) is 0 Å². The highest BCUT2D eigenvalue weighted by molar-refractivity contribution is 5.97. The Balaban J connectivity index is 2.10. The van der Waals surface area contributed by atoms with Crippen LogP contribution in [0.1, 0.15) is 50.9 Å². The summed E-state index contributed by atoms with van der Waals surface area (Å²) in [6.07, 6.45) is 3.56. The van der Waals surface area contributed by atoms with E-state index in [9.17, 15) is 9.59 Å². The van der Waals surface area contributed by atoms with Gasteiger partial charge in [-0.15, -0.1) is 0 Å². The van der Waals surface area contributed by atoms with Gasteiger partial charge in [0, 0.05) is 24.2 Å². The van der Waals surface area contributed by atoms with Crippen LogP contribution in [0.3, 0.4) is 0 Å². The first-order chi connectivity index (χ1) is 12.5. The highest BCUT2D eigenvalue weighted by Crippen LogP contribution is 2.11. The summed E-state index contributed by atoms with van der Waals surface area (Å²) in [5, 5.41) is 3.77. The lowest BCUT2D eigenvalue weighted by Gasteiger charge is -2.20. The van der Waals surface area contributed by atoms with Crippen LogP contribution in [0.5, 0.6) is 0 Å². The summed E-state index contributed by atoms with van der Waals surface area (Å²) >= 11 is 0. The number of nitrogens with zero attached hydrogens (tertiary/aromatic N) is 3. The predicted molar refractivity (Wildman–Crippen MR) is 106 cm³/mol. The molecule has 1 N–H and O–H groups in total. The molecule has 0 saturated heterocycles. The molecular formula is C20H30N4O2. The number of aromatic nitrogens is 2. The Morgan fingerprint density at radius 3 is 2.69 bits per heavy atom. The van der Waals surface area contributed by atoms with Crippen molar-refractivity contribution < 1.29 is 4.79 Å². The minimum atomic E-state index is -0.307. The van der Waals surface area contributed by atoms with E-state index in [2.05, 4.69) is 29.0 Å². The highest BCUT2D eigenvalue weighted by Gasteiger charge is 2.17. The van der Waals surface area contributed by atoms with E-state index in [0.717, 1.165) is 37.9 Å². The zero-order valence-electron chi connectivity index (χ0n) is 16.3. The molecule has 0 aliphatic carbocycles. The fourth-order valence-electron chi connectivity index (χ4n) is 3.20. The minimum Gasteiger partial charge on any atom is -0.349 e. The number of hydrogen-bond acceptors (Lipinski definition) is 4. The number of nitrogens with one attached hydrogen (secondary N) is 1. The van der Waals surface area contributed by atoms with Crippen LogP contribution in [0.15, 0.2) is 29.2 Å².